The number of benzene rings is 2. The van der Waals surface area contributed by atoms with Gasteiger partial charge in [0.25, 0.3) is 0 Å². The molecule has 0 aliphatic rings. The van der Waals surface area contributed by atoms with Crippen molar-refractivity contribution in [3.63, 3.8) is 0 Å². The predicted octanol–water partition coefficient (Wildman–Crippen LogP) is 4.08. The molecule has 2 N–H and O–H groups in total. The minimum atomic E-state index is -0.330. The quantitative estimate of drug-likeness (QED) is 0.915. The van der Waals surface area contributed by atoms with Gasteiger partial charge in [-0.3, -0.25) is 0 Å². The van der Waals surface area contributed by atoms with Crippen LogP contribution in [-0.2, 0) is 6.61 Å². The van der Waals surface area contributed by atoms with E-state index in [9.17, 15) is 4.39 Å². The summed E-state index contributed by atoms with van der Waals surface area (Å²) >= 11 is 5.99. The number of hydrogen-bond donors (Lipinski definition) is 1. The average molecular weight is 280 g/mol. The molecular formula is C15H15ClFNO. The lowest BCUT2D eigenvalue weighted by molar-refractivity contribution is 0.301. The average Bonchev–Trinajstić information content (AvgIpc) is 2.40. The van der Waals surface area contributed by atoms with Crippen LogP contribution in [0.3, 0.4) is 0 Å². The second-order valence-corrected chi connectivity index (χ2v) is 4.76. The first-order valence-electron chi connectivity index (χ1n) is 5.99. The molecule has 0 amide bonds. The molecule has 100 valence electrons. The van der Waals surface area contributed by atoms with Crippen molar-refractivity contribution in [2.24, 2.45) is 5.73 Å². The molecule has 0 heterocycles. The molecule has 0 aliphatic carbocycles. The highest BCUT2D eigenvalue weighted by Gasteiger charge is 2.09. The van der Waals surface area contributed by atoms with Crippen molar-refractivity contribution in [3.05, 3.63) is 64.4 Å². The maximum atomic E-state index is 13.1. The van der Waals surface area contributed by atoms with Crippen molar-refractivity contribution >= 4 is 11.6 Å². The van der Waals surface area contributed by atoms with Gasteiger partial charge in [0, 0.05) is 22.2 Å². The van der Waals surface area contributed by atoms with E-state index in [-0.39, 0.29) is 18.5 Å². The molecule has 0 bridgehead atoms. The van der Waals surface area contributed by atoms with Gasteiger partial charge >= 0.3 is 0 Å². The van der Waals surface area contributed by atoms with Gasteiger partial charge in [-0.15, -0.1) is 0 Å². The SMILES string of the molecule is CC(N)c1ccccc1OCc1cc(F)ccc1Cl. The van der Waals surface area contributed by atoms with Crippen LogP contribution in [-0.4, -0.2) is 0 Å². The molecule has 2 rings (SSSR count). The van der Waals surface area contributed by atoms with Crippen LogP contribution >= 0.6 is 11.6 Å². The lowest BCUT2D eigenvalue weighted by Crippen LogP contribution is -2.08. The van der Waals surface area contributed by atoms with Crippen LogP contribution < -0.4 is 10.5 Å². The minimum absolute atomic E-state index is 0.126. The van der Waals surface area contributed by atoms with Crippen molar-refractivity contribution in [3.8, 4) is 5.75 Å². The van der Waals surface area contributed by atoms with Gasteiger partial charge in [-0.1, -0.05) is 29.8 Å². The maximum Gasteiger partial charge on any atom is 0.124 e. The van der Waals surface area contributed by atoms with E-state index in [0.29, 0.717) is 16.3 Å². The molecule has 0 spiro atoms. The summed E-state index contributed by atoms with van der Waals surface area (Å²) in [6.45, 7) is 2.09. The molecule has 0 radical (unpaired) electrons. The summed E-state index contributed by atoms with van der Waals surface area (Å²) < 4.78 is 18.8. The number of nitrogens with two attached hydrogens (primary N) is 1. The Morgan fingerprint density at radius 3 is 2.74 bits per heavy atom. The summed E-state index contributed by atoms with van der Waals surface area (Å²) in [5.41, 5.74) is 7.40. The molecule has 2 aromatic rings. The fourth-order valence-electron chi connectivity index (χ4n) is 1.80. The Bertz CT molecular complexity index is 572. The standard InChI is InChI=1S/C15H15ClFNO/c1-10(18)13-4-2-3-5-15(13)19-9-11-8-12(17)6-7-14(11)16/h2-8,10H,9,18H2,1H3. The number of para-hydroxylation sites is 1. The van der Waals surface area contributed by atoms with Crippen LogP contribution in [0.15, 0.2) is 42.5 Å². The van der Waals surface area contributed by atoms with Crippen LogP contribution in [0.1, 0.15) is 24.1 Å². The molecule has 0 saturated heterocycles. The van der Waals surface area contributed by atoms with Gasteiger partial charge in [-0.25, -0.2) is 4.39 Å². The molecule has 2 aromatic carbocycles. The summed E-state index contributed by atoms with van der Waals surface area (Å²) in [5, 5.41) is 0.486. The molecule has 0 aromatic heterocycles. The van der Waals surface area contributed by atoms with Gasteiger partial charge in [0.15, 0.2) is 0 Å². The third-order valence-electron chi connectivity index (χ3n) is 2.80. The number of halogens is 2. The van der Waals surface area contributed by atoms with Gasteiger partial charge in [0.1, 0.15) is 18.2 Å². The normalized spacial score (nSPS) is 12.2. The highest BCUT2D eigenvalue weighted by molar-refractivity contribution is 6.31. The van der Waals surface area contributed by atoms with Crippen LogP contribution in [0, 0.1) is 5.82 Å². The monoisotopic (exact) mass is 279 g/mol. The summed E-state index contributed by atoms with van der Waals surface area (Å²) in [7, 11) is 0. The van der Waals surface area contributed by atoms with E-state index >= 15 is 0 Å². The van der Waals surface area contributed by atoms with E-state index in [1.807, 2.05) is 31.2 Å². The lowest BCUT2D eigenvalue weighted by atomic mass is 10.1. The Morgan fingerprint density at radius 1 is 1.26 bits per heavy atom. The molecule has 4 heteroatoms. The number of hydrogen-bond acceptors (Lipinski definition) is 2. The smallest absolute Gasteiger partial charge is 0.124 e. The van der Waals surface area contributed by atoms with Gasteiger partial charge in [-0.2, -0.15) is 0 Å². The molecular weight excluding hydrogens is 265 g/mol. The zero-order valence-electron chi connectivity index (χ0n) is 10.6. The van der Waals surface area contributed by atoms with Gasteiger partial charge in [0.05, 0.1) is 0 Å². The summed E-state index contributed by atoms with van der Waals surface area (Å²) in [6, 6.07) is 11.6. The van der Waals surface area contributed by atoms with Gasteiger partial charge in [0.2, 0.25) is 0 Å². The molecule has 1 unspecified atom stereocenters. The first-order chi connectivity index (χ1) is 9.08. The van der Waals surface area contributed by atoms with Gasteiger partial charge in [-0.05, 0) is 31.2 Å². The van der Waals surface area contributed by atoms with Crippen molar-refractivity contribution in [2.45, 2.75) is 19.6 Å². The summed E-state index contributed by atoms with van der Waals surface area (Å²) in [4.78, 5) is 0. The predicted molar refractivity (Wildman–Crippen MR) is 74.8 cm³/mol. The van der Waals surface area contributed by atoms with Crippen LogP contribution in [0.4, 0.5) is 4.39 Å². The number of rotatable bonds is 4. The second-order valence-electron chi connectivity index (χ2n) is 4.35. The van der Waals surface area contributed by atoms with Crippen LogP contribution in [0.5, 0.6) is 5.75 Å². The van der Waals surface area contributed by atoms with E-state index in [4.69, 9.17) is 22.1 Å². The van der Waals surface area contributed by atoms with E-state index < -0.39 is 0 Å². The fourth-order valence-corrected chi connectivity index (χ4v) is 1.97. The summed E-state index contributed by atoms with van der Waals surface area (Å²) in [6.07, 6.45) is 0. The zero-order chi connectivity index (χ0) is 13.8. The van der Waals surface area contributed by atoms with E-state index in [0.717, 1.165) is 5.56 Å². The third kappa shape index (κ3) is 3.46. The Balaban J connectivity index is 2.17. The van der Waals surface area contributed by atoms with Crippen LogP contribution in [0.25, 0.3) is 0 Å². The first-order valence-corrected chi connectivity index (χ1v) is 6.37. The molecule has 0 aliphatic heterocycles. The van der Waals surface area contributed by atoms with Crippen molar-refractivity contribution in [1.82, 2.24) is 0 Å². The number of ether oxygens (including phenoxy) is 1. The lowest BCUT2D eigenvalue weighted by Gasteiger charge is -2.14. The fraction of sp³-hybridized carbons (Fsp3) is 0.200. The van der Waals surface area contributed by atoms with E-state index in [1.54, 1.807) is 0 Å². The minimum Gasteiger partial charge on any atom is -0.489 e. The highest BCUT2D eigenvalue weighted by Crippen LogP contribution is 2.25. The Labute approximate surface area is 117 Å². The molecule has 0 saturated carbocycles. The molecule has 0 fully saturated rings. The zero-order valence-corrected chi connectivity index (χ0v) is 11.3. The molecule has 1 atom stereocenters. The largest absolute Gasteiger partial charge is 0.489 e. The topological polar surface area (TPSA) is 35.2 Å². The highest BCUT2D eigenvalue weighted by atomic mass is 35.5. The van der Waals surface area contributed by atoms with E-state index in [2.05, 4.69) is 0 Å². The van der Waals surface area contributed by atoms with Crippen molar-refractivity contribution in [2.75, 3.05) is 0 Å². The van der Waals surface area contributed by atoms with Crippen molar-refractivity contribution in [1.29, 1.82) is 0 Å². The van der Waals surface area contributed by atoms with Crippen molar-refractivity contribution < 1.29 is 9.13 Å². The molecule has 2 nitrogen and oxygen atoms in total. The molecule has 19 heavy (non-hydrogen) atoms. The Kier molecular flexibility index (Phi) is 4.40. The Hall–Kier alpha value is -1.58. The maximum absolute atomic E-state index is 13.1. The van der Waals surface area contributed by atoms with E-state index in [1.165, 1.54) is 18.2 Å². The first kappa shape index (κ1) is 13.8. The third-order valence-corrected chi connectivity index (χ3v) is 3.17. The van der Waals surface area contributed by atoms with Gasteiger partial charge < -0.3 is 10.5 Å². The summed E-state index contributed by atoms with van der Waals surface area (Å²) in [5.74, 6) is 0.362. The van der Waals surface area contributed by atoms with Crippen LogP contribution in [0.2, 0.25) is 5.02 Å². The Morgan fingerprint density at radius 2 is 2.00 bits per heavy atom. The second kappa shape index (κ2) is 6.04.